The van der Waals surface area contributed by atoms with E-state index >= 15 is 0 Å². The molecule has 1 aliphatic heterocycles. The summed E-state index contributed by atoms with van der Waals surface area (Å²) >= 11 is 0.967. The molecule has 0 bridgehead atoms. The molecule has 7 nitrogen and oxygen atoms in total. The van der Waals surface area contributed by atoms with Crippen LogP contribution in [0.15, 0.2) is 59.2 Å². The number of hydrogen-bond donors (Lipinski definition) is 2. The van der Waals surface area contributed by atoms with E-state index in [2.05, 4.69) is 15.4 Å². The highest BCUT2D eigenvalue weighted by Crippen LogP contribution is 2.35. The van der Waals surface area contributed by atoms with Crippen LogP contribution in [0, 0.1) is 5.82 Å². The number of rotatable bonds is 5. The molecule has 188 valence electrons. The number of benzene rings is 1. The first kappa shape index (κ1) is 25.2. The smallest absolute Gasteiger partial charge is 0.435 e. The van der Waals surface area contributed by atoms with E-state index in [9.17, 15) is 27.5 Å². The molecule has 1 aliphatic rings. The van der Waals surface area contributed by atoms with Crippen LogP contribution in [0.1, 0.15) is 40.0 Å². The molecule has 0 spiro atoms. The van der Waals surface area contributed by atoms with Crippen molar-refractivity contribution in [2.24, 2.45) is 4.99 Å². The zero-order valence-corrected chi connectivity index (χ0v) is 19.9. The molecule has 3 aromatic rings. The molecule has 4 rings (SSSR count). The fourth-order valence-corrected chi connectivity index (χ4v) is 4.36. The van der Waals surface area contributed by atoms with Gasteiger partial charge in [0.2, 0.25) is 0 Å². The first-order valence-electron chi connectivity index (χ1n) is 10.6. The van der Waals surface area contributed by atoms with Gasteiger partial charge in [0.15, 0.2) is 11.5 Å². The molecule has 0 radical (unpaired) electrons. The number of nitrogens with one attached hydrogen (secondary N) is 1. The second kappa shape index (κ2) is 9.97. The second-order valence-corrected chi connectivity index (χ2v) is 8.99. The van der Waals surface area contributed by atoms with Crippen molar-refractivity contribution < 1.29 is 32.2 Å². The van der Waals surface area contributed by atoms with Crippen LogP contribution < -0.4 is 10.1 Å². The molecule has 0 saturated heterocycles. The van der Waals surface area contributed by atoms with Crippen LogP contribution in [0.25, 0.3) is 11.4 Å². The highest BCUT2D eigenvalue weighted by molar-refractivity contribution is 7.15. The molecule has 36 heavy (non-hydrogen) atoms. The zero-order valence-electron chi connectivity index (χ0n) is 19.1. The van der Waals surface area contributed by atoms with Gasteiger partial charge in [-0.3, -0.25) is 0 Å². The maximum atomic E-state index is 14.0. The lowest BCUT2D eigenvalue weighted by Gasteiger charge is -2.17. The third-order valence-corrected chi connectivity index (χ3v) is 6.31. The van der Waals surface area contributed by atoms with E-state index in [1.165, 1.54) is 25.3 Å². The molecule has 3 heterocycles. The molecule has 0 aliphatic carbocycles. The number of carboxylic acid groups (broad SMARTS) is 1. The summed E-state index contributed by atoms with van der Waals surface area (Å²) in [5, 5.41) is 16.1. The van der Waals surface area contributed by atoms with E-state index in [-0.39, 0.29) is 16.4 Å². The number of aromatic carboxylic acids is 1. The van der Waals surface area contributed by atoms with Crippen molar-refractivity contribution in [3.05, 3.63) is 75.5 Å². The molecule has 0 atom stereocenters. The molecule has 1 aromatic carbocycles. The quantitative estimate of drug-likeness (QED) is 0.381. The first-order chi connectivity index (χ1) is 17.0. The Morgan fingerprint density at radius 1 is 1.19 bits per heavy atom. The van der Waals surface area contributed by atoms with Gasteiger partial charge in [-0.15, -0.1) is 11.3 Å². The Kier molecular flexibility index (Phi) is 6.97. The first-order valence-corrected chi connectivity index (χ1v) is 11.4. The van der Waals surface area contributed by atoms with Crippen molar-refractivity contribution in [1.29, 1.82) is 0 Å². The third kappa shape index (κ3) is 5.65. The molecule has 0 unspecified atom stereocenters. The van der Waals surface area contributed by atoms with E-state index in [1.54, 1.807) is 18.2 Å². The van der Waals surface area contributed by atoms with Gasteiger partial charge in [0.25, 0.3) is 0 Å². The fourth-order valence-electron chi connectivity index (χ4n) is 3.50. The summed E-state index contributed by atoms with van der Waals surface area (Å²) in [5.41, 5.74) is 0.517. The molecular weight excluding hydrogens is 500 g/mol. The third-order valence-electron chi connectivity index (χ3n) is 5.20. The average Bonchev–Trinajstić information content (AvgIpc) is 3.48. The second-order valence-electron chi connectivity index (χ2n) is 7.90. The number of alkyl halides is 3. The van der Waals surface area contributed by atoms with E-state index in [0.717, 1.165) is 33.9 Å². The molecular formula is C24H20F4N4O3S. The predicted octanol–water partition coefficient (Wildman–Crippen LogP) is 6.39. The number of aliphatic imine (C=N–C) groups is 1. The number of carboxylic acids is 1. The van der Waals surface area contributed by atoms with Gasteiger partial charge in [-0.25, -0.2) is 18.9 Å². The number of halogens is 4. The lowest BCUT2D eigenvalue weighted by atomic mass is 10.0. The number of thiophene rings is 1. The topological polar surface area (TPSA) is 88.7 Å². The van der Waals surface area contributed by atoms with Crippen LogP contribution in [0.4, 0.5) is 23.2 Å². The van der Waals surface area contributed by atoms with Gasteiger partial charge in [0, 0.05) is 40.9 Å². The minimum atomic E-state index is -4.67. The molecule has 2 N–H and O–H groups in total. The van der Waals surface area contributed by atoms with Gasteiger partial charge in [0.1, 0.15) is 22.3 Å². The number of nitrogens with zero attached hydrogens (tertiary/aromatic N) is 3. The zero-order chi connectivity index (χ0) is 26.0. The van der Waals surface area contributed by atoms with Crippen molar-refractivity contribution >= 4 is 40.2 Å². The SMILES string of the molecule is COc1cc(F)cc(NC2=NC(n3ccc(C(F)(F)F)n3)=C(c3ccc(C(=O)O)s3)C=C(C)CC2)c1. The Hall–Kier alpha value is -3.93. The van der Waals surface area contributed by atoms with Crippen LogP contribution in [-0.2, 0) is 6.18 Å². The summed E-state index contributed by atoms with van der Waals surface area (Å²) < 4.78 is 60.0. The summed E-state index contributed by atoms with van der Waals surface area (Å²) in [6, 6.07) is 7.83. The summed E-state index contributed by atoms with van der Waals surface area (Å²) in [7, 11) is 1.40. The Morgan fingerprint density at radius 3 is 2.61 bits per heavy atom. The lowest BCUT2D eigenvalue weighted by molar-refractivity contribution is -0.141. The Bertz CT molecular complexity index is 1400. The number of ether oxygens (including phenoxy) is 1. The largest absolute Gasteiger partial charge is 0.497 e. The number of carbonyl (C=O) groups is 1. The van der Waals surface area contributed by atoms with Crippen LogP contribution in [-0.4, -0.2) is 33.8 Å². The van der Waals surface area contributed by atoms with Crippen LogP contribution >= 0.6 is 11.3 Å². The number of methoxy groups -OCH3 is 1. The number of aromatic nitrogens is 2. The number of hydrogen-bond acceptors (Lipinski definition) is 6. The summed E-state index contributed by atoms with van der Waals surface area (Å²) in [6.45, 7) is 1.85. The molecule has 12 heteroatoms. The van der Waals surface area contributed by atoms with Gasteiger partial charge in [0.05, 0.1) is 7.11 Å². The highest BCUT2D eigenvalue weighted by Gasteiger charge is 2.34. The Morgan fingerprint density at radius 2 is 1.97 bits per heavy atom. The standard InChI is InChI=1S/C24H20F4N4O3S/c1-13-3-6-21(29-15-10-14(25)11-16(12-15)35-2)30-22(32-8-7-20(31-32)24(26,27)28)17(9-13)18-4-5-19(36-18)23(33)34/h4-5,7-12H,3,6H2,1-2H3,(H,29,30)(H,33,34). The fraction of sp³-hybridized carbons (Fsp3) is 0.208. The van der Waals surface area contributed by atoms with Crippen LogP contribution in [0.5, 0.6) is 5.75 Å². The molecule has 0 amide bonds. The van der Waals surface area contributed by atoms with Crippen molar-refractivity contribution in [2.45, 2.75) is 25.9 Å². The maximum absolute atomic E-state index is 14.0. The van der Waals surface area contributed by atoms with Crippen molar-refractivity contribution in [1.82, 2.24) is 9.78 Å². The minimum absolute atomic E-state index is 0.0502. The van der Waals surface area contributed by atoms with E-state index in [1.807, 2.05) is 6.92 Å². The average molecular weight is 521 g/mol. The Balaban J connectivity index is 1.89. The summed E-state index contributed by atoms with van der Waals surface area (Å²) in [5.74, 6) is -0.990. The van der Waals surface area contributed by atoms with E-state index < -0.39 is 23.7 Å². The summed E-state index contributed by atoms with van der Waals surface area (Å²) in [6.07, 6.45) is -0.856. The van der Waals surface area contributed by atoms with Crippen LogP contribution in [0.3, 0.4) is 0 Å². The van der Waals surface area contributed by atoms with E-state index in [4.69, 9.17) is 4.74 Å². The van der Waals surface area contributed by atoms with Crippen LogP contribution in [0.2, 0.25) is 0 Å². The molecule has 0 fully saturated rings. The molecule has 0 saturated carbocycles. The van der Waals surface area contributed by atoms with Crippen molar-refractivity contribution in [3.8, 4) is 5.75 Å². The minimum Gasteiger partial charge on any atom is -0.497 e. The van der Waals surface area contributed by atoms with Gasteiger partial charge in [-0.05, 0) is 37.6 Å². The van der Waals surface area contributed by atoms with Gasteiger partial charge in [-0.2, -0.15) is 18.3 Å². The van der Waals surface area contributed by atoms with Gasteiger partial charge >= 0.3 is 12.1 Å². The van der Waals surface area contributed by atoms with Crippen molar-refractivity contribution in [3.63, 3.8) is 0 Å². The van der Waals surface area contributed by atoms with E-state index in [0.29, 0.717) is 34.8 Å². The Labute approximate surface area is 207 Å². The monoisotopic (exact) mass is 520 g/mol. The van der Waals surface area contributed by atoms with Gasteiger partial charge in [-0.1, -0.05) is 11.6 Å². The molecule has 2 aromatic heterocycles. The summed E-state index contributed by atoms with van der Waals surface area (Å²) in [4.78, 5) is 16.6. The van der Waals surface area contributed by atoms with Crippen molar-refractivity contribution in [2.75, 3.05) is 12.4 Å². The predicted molar refractivity (Wildman–Crippen MR) is 129 cm³/mol. The maximum Gasteiger partial charge on any atom is 0.435 e. The highest BCUT2D eigenvalue weighted by atomic mass is 32.1. The normalized spacial score (nSPS) is 14.6. The lowest BCUT2D eigenvalue weighted by Crippen LogP contribution is -2.16. The number of allylic oxidation sites excluding steroid dienone is 3. The number of amidine groups is 1. The van der Waals surface area contributed by atoms with Gasteiger partial charge < -0.3 is 15.2 Å². The number of anilines is 1.